The highest BCUT2D eigenvalue weighted by Crippen LogP contribution is 2.24. The van der Waals surface area contributed by atoms with Gasteiger partial charge in [0.15, 0.2) is 6.10 Å². The number of hydrogen-bond donors (Lipinski definition) is 1. The van der Waals surface area contributed by atoms with E-state index in [1.54, 1.807) is 24.3 Å². The number of rotatable bonds is 6. The molecule has 1 unspecified atom stereocenters. The Morgan fingerprint density at radius 1 is 1.30 bits per heavy atom. The van der Waals surface area contributed by atoms with Gasteiger partial charge in [0.2, 0.25) is 0 Å². The smallest absolute Gasteiger partial charge is 0.344 e. The van der Waals surface area contributed by atoms with Gasteiger partial charge in [0, 0.05) is 5.02 Å². The van der Waals surface area contributed by atoms with Gasteiger partial charge in [-0.2, -0.15) is 0 Å². The second-order valence-corrected chi connectivity index (χ2v) is 5.48. The molecule has 0 heterocycles. The third kappa shape index (κ3) is 4.57. The molecule has 0 spiro atoms. The molecule has 1 aliphatic carbocycles. The molecule has 1 atom stereocenters. The van der Waals surface area contributed by atoms with Crippen molar-refractivity contribution in [1.29, 1.82) is 0 Å². The minimum absolute atomic E-state index is 0.504. The zero-order chi connectivity index (χ0) is 14.4. The fourth-order valence-electron chi connectivity index (χ4n) is 2.36. The van der Waals surface area contributed by atoms with E-state index in [4.69, 9.17) is 16.3 Å². The van der Waals surface area contributed by atoms with E-state index in [1.165, 1.54) is 18.4 Å². The van der Waals surface area contributed by atoms with E-state index in [1.807, 2.05) is 0 Å². The molecule has 1 aromatic rings. The summed E-state index contributed by atoms with van der Waals surface area (Å²) in [6.45, 7) is 0. The van der Waals surface area contributed by atoms with Crippen molar-refractivity contribution < 1.29 is 14.6 Å². The number of benzene rings is 1. The van der Waals surface area contributed by atoms with Gasteiger partial charge < -0.3 is 9.84 Å². The van der Waals surface area contributed by atoms with Crippen LogP contribution in [0.15, 0.2) is 35.9 Å². The van der Waals surface area contributed by atoms with Crippen molar-refractivity contribution in [2.75, 3.05) is 0 Å². The maximum atomic E-state index is 11.3. The molecule has 1 aliphatic rings. The van der Waals surface area contributed by atoms with E-state index >= 15 is 0 Å². The molecule has 0 saturated carbocycles. The molecule has 0 aliphatic heterocycles. The van der Waals surface area contributed by atoms with Gasteiger partial charge in [-0.1, -0.05) is 23.3 Å². The zero-order valence-corrected chi connectivity index (χ0v) is 12.1. The largest absolute Gasteiger partial charge is 0.479 e. The minimum Gasteiger partial charge on any atom is -0.479 e. The quantitative estimate of drug-likeness (QED) is 0.788. The van der Waals surface area contributed by atoms with Crippen LogP contribution in [-0.4, -0.2) is 17.2 Å². The Bertz CT molecular complexity index is 479. The number of allylic oxidation sites excluding steroid dienone is 2. The Morgan fingerprint density at radius 2 is 2.05 bits per heavy atom. The van der Waals surface area contributed by atoms with Crippen LogP contribution in [0.25, 0.3) is 0 Å². The molecule has 0 radical (unpaired) electrons. The Labute approximate surface area is 124 Å². The number of aliphatic carboxylic acids is 1. The van der Waals surface area contributed by atoms with Crippen molar-refractivity contribution in [3.8, 4) is 5.75 Å². The van der Waals surface area contributed by atoms with Crippen LogP contribution in [0, 0.1) is 0 Å². The first-order chi connectivity index (χ1) is 9.65. The Hall–Kier alpha value is -1.48. The fourth-order valence-corrected chi connectivity index (χ4v) is 2.48. The monoisotopic (exact) mass is 294 g/mol. The second-order valence-electron chi connectivity index (χ2n) is 5.05. The Balaban J connectivity index is 1.91. The van der Waals surface area contributed by atoms with Crippen LogP contribution in [0.2, 0.25) is 5.02 Å². The second kappa shape index (κ2) is 7.34. The normalized spacial score (nSPS) is 16.4. The first-order valence-electron chi connectivity index (χ1n) is 6.98. The molecule has 108 valence electrons. The summed E-state index contributed by atoms with van der Waals surface area (Å²) in [6.07, 6.45) is 7.39. The number of carboxylic acids is 1. The van der Waals surface area contributed by atoms with Gasteiger partial charge in [0.05, 0.1) is 0 Å². The van der Waals surface area contributed by atoms with Gasteiger partial charge in [-0.25, -0.2) is 4.79 Å². The first kappa shape index (κ1) is 14.9. The predicted molar refractivity (Wildman–Crippen MR) is 79.3 cm³/mol. The lowest BCUT2D eigenvalue weighted by Crippen LogP contribution is -2.27. The van der Waals surface area contributed by atoms with Crippen molar-refractivity contribution >= 4 is 17.6 Å². The van der Waals surface area contributed by atoms with Gasteiger partial charge in [-0.05, 0) is 62.8 Å². The number of ether oxygens (including phenoxy) is 1. The summed E-state index contributed by atoms with van der Waals surface area (Å²) in [4.78, 5) is 11.3. The highest BCUT2D eigenvalue weighted by Gasteiger charge is 2.20. The number of carboxylic acid groups (broad SMARTS) is 1. The van der Waals surface area contributed by atoms with Crippen molar-refractivity contribution in [3.63, 3.8) is 0 Å². The van der Waals surface area contributed by atoms with Crippen LogP contribution in [0.4, 0.5) is 0 Å². The molecule has 0 aromatic heterocycles. The third-order valence-electron chi connectivity index (χ3n) is 3.48. The first-order valence-corrected chi connectivity index (χ1v) is 7.36. The molecule has 1 N–H and O–H groups in total. The van der Waals surface area contributed by atoms with Crippen LogP contribution < -0.4 is 4.74 Å². The van der Waals surface area contributed by atoms with Crippen LogP contribution in [0.5, 0.6) is 5.75 Å². The summed E-state index contributed by atoms with van der Waals surface area (Å²) < 4.78 is 5.54. The molecular weight excluding hydrogens is 276 g/mol. The average molecular weight is 295 g/mol. The minimum atomic E-state index is -0.920. The summed E-state index contributed by atoms with van der Waals surface area (Å²) in [7, 11) is 0. The van der Waals surface area contributed by atoms with Crippen molar-refractivity contribution in [2.24, 2.45) is 0 Å². The Morgan fingerprint density at radius 3 is 2.65 bits per heavy atom. The van der Waals surface area contributed by atoms with E-state index in [0.29, 0.717) is 17.2 Å². The van der Waals surface area contributed by atoms with E-state index in [2.05, 4.69) is 6.08 Å². The highest BCUT2D eigenvalue weighted by molar-refractivity contribution is 6.30. The molecule has 0 fully saturated rings. The topological polar surface area (TPSA) is 46.5 Å². The molecule has 4 heteroatoms. The Kier molecular flexibility index (Phi) is 5.48. The standard InChI is InChI=1S/C16H19ClO3/c17-13-7-9-14(10-8-13)20-15(16(18)19)11-6-12-4-2-1-3-5-12/h4,7-10,15H,1-3,5-6,11H2,(H,18,19). The van der Waals surface area contributed by atoms with Gasteiger partial charge in [-0.3, -0.25) is 0 Å². The summed E-state index contributed by atoms with van der Waals surface area (Å²) in [5.74, 6) is -0.379. The van der Waals surface area contributed by atoms with E-state index in [9.17, 15) is 9.90 Å². The van der Waals surface area contributed by atoms with Crippen LogP contribution in [0.3, 0.4) is 0 Å². The van der Waals surface area contributed by atoms with Crippen molar-refractivity contribution in [3.05, 3.63) is 40.9 Å². The summed E-state index contributed by atoms with van der Waals surface area (Å²) >= 11 is 5.79. The molecule has 20 heavy (non-hydrogen) atoms. The number of halogens is 1. The van der Waals surface area contributed by atoms with Gasteiger partial charge in [0.25, 0.3) is 0 Å². The summed E-state index contributed by atoms with van der Waals surface area (Å²) in [6, 6.07) is 6.77. The predicted octanol–water partition coefficient (Wildman–Crippen LogP) is 4.45. The maximum Gasteiger partial charge on any atom is 0.344 e. The molecule has 0 amide bonds. The van der Waals surface area contributed by atoms with Gasteiger partial charge >= 0.3 is 5.97 Å². The van der Waals surface area contributed by atoms with Gasteiger partial charge in [0.1, 0.15) is 5.75 Å². The van der Waals surface area contributed by atoms with Crippen LogP contribution >= 0.6 is 11.6 Å². The lowest BCUT2D eigenvalue weighted by atomic mass is 9.95. The molecule has 1 aromatic carbocycles. The third-order valence-corrected chi connectivity index (χ3v) is 3.73. The highest BCUT2D eigenvalue weighted by atomic mass is 35.5. The van der Waals surface area contributed by atoms with Crippen molar-refractivity contribution in [1.82, 2.24) is 0 Å². The van der Waals surface area contributed by atoms with Crippen LogP contribution in [-0.2, 0) is 4.79 Å². The van der Waals surface area contributed by atoms with Gasteiger partial charge in [-0.15, -0.1) is 0 Å². The summed E-state index contributed by atoms with van der Waals surface area (Å²) in [5, 5.41) is 9.86. The molecule has 3 nitrogen and oxygen atoms in total. The van der Waals surface area contributed by atoms with Crippen molar-refractivity contribution in [2.45, 2.75) is 44.6 Å². The van der Waals surface area contributed by atoms with E-state index < -0.39 is 12.1 Å². The molecule has 0 saturated heterocycles. The number of hydrogen-bond acceptors (Lipinski definition) is 2. The van der Waals surface area contributed by atoms with E-state index in [-0.39, 0.29) is 0 Å². The zero-order valence-electron chi connectivity index (χ0n) is 11.3. The average Bonchev–Trinajstić information content (AvgIpc) is 2.46. The maximum absolute atomic E-state index is 11.3. The lowest BCUT2D eigenvalue weighted by Gasteiger charge is -2.17. The lowest BCUT2D eigenvalue weighted by molar-refractivity contribution is -0.145. The van der Waals surface area contributed by atoms with E-state index in [0.717, 1.165) is 19.3 Å². The molecular formula is C16H19ClO3. The summed E-state index contributed by atoms with van der Waals surface area (Å²) in [5.41, 5.74) is 1.36. The fraction of sp³-hybridized carbons (Fsp3) is 0.438. The molecule has 0 bridgehead atoms. The SMILES string of the molecule is O=C(O)C(CCC1=CCCCC1)Oc1ccc(Cl)cc1. The molecule has 2 rings (SSSR count). The van der Waals surface area contributed by atoms with Crippen LogP contribution in [0.1, 0.15) is 38.5 Å². The number of carbonyl (C=O) groups is 1.